The number of ether oxygens (including phenoxy) is 1. The first-order valence-corrected chi connectivity index (χ1v) is 29.1. The number of phenolic OH excluding ortho intramolecular Hbond substituents is 1. The Morgan fingerprint density at radius 2 is 0.966 bits per heavy atom. The number of alkyl carbamates (subject to hydrolysis) is 1. The molecule has 10 N–H and O–H groups in total. The minimum Gasteiger partial charge on any atom is -0.506 e. The summed E-state index contributed by atoms with van der Waals surface area (Å²) in [4.78, 5) is 48.8. The number of halogens is 2. The Morgan fingerprint density at radius 3 is 1.36 bits per heavy atom. The number of amides is 1. The number of carbonyl (C=O) groups is 1. The van der Waals surface area contributed by atoms with E-state index in [0.717, 1.165) is 146 Å². The summed E-state index contributed by atoms with van der Waals surface area (Å²) in [7, 11) is 0. The molecule has 0 aliphatic rings. The number of non-ortho nitro benzene ring substituents is 2. The first-order chi connectivity index (χ1) is 42.2. The maximum Gasteiger partial charge on any atom is 0.407 e. The fraction of sp³-hybridized carbons (Fsp3) is 0.381. The molecule has 9 aromatic rings. The molecule has 0 saturated heterocycles. The molecule has 472 valence electrons. The second-order valence-corrected chi connectivity index (χ2v) is 21.1. The van der Waals surface area contributed by atoms with E-state index in [0.29, 0.717) is 52.9 Å². The van der Waals surface area contributed by atoms with Crippen molar-refractivity contribution < 1.29 is 50.9 Å². The van der Waals surface area contributed by atoms with Crippen molar-refractivity contribution in [2.24, 2.45) is 5.73 Å². The molecule has 0 atom stereocenters. The number of nitro benzene ring substituents is 2. The number of aryl methyl sites for hydroxylation is 4. The molecule has 9 rings (SSSR count). The van der Waals surface area contributed by atoms with Crippen LogP contribution in [0.1, 0.15) is 123 Å². The van der Waals surface area contributed by atoms with Crippen molar-refractivity contribution in [1.29, 1.82) is 0 Å². The van der Waals surface area contributed by atoms with E-state index in [1.807, 2.05) is 54.6 Å². The number of nitrogens with zero attached hydrogens (tertiary/aromatic N) is 6. The van der Waals surface area contributed by atoms with Gasteiger partial charge in [-0.3, -0.25) is 20.2 Å². The second-order valence-electron chi connectivity index (χ2n) is 21.1. The zero-order chi connectivity index (χ0) is 64.2. The molecule has 0 aliphatic carbocycles. The van der Waals surface area contributed by atoms with Crippen LogP contribution in [0, 0.1) is 20.2 Å². The molecule has 0 saturated carbocycles. The minimum atomic E-state index is -0.598. The summed E-state index contributed by atoms with van der Waals surface area (Å²) in [6.07, 6.45) is 12.5. The Labute approximate surface area is 508 Å². The van der Waals surface area contributed by atoms with E-state index < -0.39 is 21.5 Å². The highest BCUT2D eigenvalue weighted by Gasteiger charge is 2.17. The maximum atomic E-state index is 13.1. The summed E-state index contributed by atoms with van der Waals surface area (Å²) in [5.74, 6) is 2.70. The third-order valence-electron chi connectivity index (χ3n) is 12.6. The van der Waals surface area contributed by atoms with Crippen LogP contribution < -0.4 is 33.2 Å². The van der Waals surface area contributed by atoms with Crippen LogP contribution in [-0.2, 0) is 30.4 Å². The number of aromatic hydroxyl groups is 1. The summed E-state index contributed by atoms with van der Waals surface area (Å²) < 4.78 is 53.1. The molecule has 4 aromatic heterocycles. The van der Waals surface area contributed by atoms with Crippen LogP contribution in [0.3, 0.4) is 0 Å². The SMILES string of the molecule is CCCCc1nc2ccc(N)cc2o1.CCCCc1nc2ccc(NC/C(=C/F)CN)cc2o1.CCCCc1nc2ccc(NC/C(=C/F)CNC(=O)OC(C)(C)C)cc2o1.CCCCc1nc2ccc([N+](=O)[O-])cc2o1.Nc1ccc([N+](=O)[O-])cc1O. The van der Waals surface area contributed by atoms with Gasteiger partial charge in [0, 0.05) is 99.3 Å². The molecule has 0 bridgehead atoms. The third kappa shape index (κ3) is 23.0. The number of nitrogens with one attached hydrogen (secondary N) is 3. The molecule has 1 amide bonds. The van der Waals surface area contributed by atoms with Gasteiger partial charge in [0.1, 0.15) is 33.4 Å². The highest BCUT2D eigenvalue weighted by atomic mass is 19.1. The number of oxazole rings is 4. The Kier molecular flexibility index (Phi) is 27.6. The number of phenols is 1. The van der Waals surface area contributed by atoms with Gasteiger partial charge in [0.05, 0.1) is 40.3 Å². The number of nitrogen functional groups attached to an aromatic ring is 2. The molecule has 0 radical (unpaired) electrons. The van der Waals surface area contributed by atoms with E-state index in [-0.39, 0.29) is 42.4 Å². The molecular weight excluding hydrogens is 1140 g/mol. The number of benzene rings is 5. The van der Waals surface area contributed by atoms with Crippen molar-refractivity contribution in [1.82, 2.24) is 25.3 Å². The smallest absolute Gasteiger partial charge is 0.407 e. The monoisotopic (exact) mass is 1220 g/mol. The quantitative estimate of drug-likeness (QED) is 0.0135. The van der Waals surface area contributed by atoms with Gasteiger partial charge in [-0.2, -0.15) is 0 Å². The zero-order valence-corrected chi connectivity index (χ0v) is 50.8. The highest BCUT2D eigenvalue weighted by molar-refractivity contribution is 5.79. The van der Waals surface area contributed by atoms with E-state index in [1.54, 1.807) is 26.8 Å². The van der Waals surface area contributed by atoms with Gasteiger partial charge in [0.15, 0.2) is 45.9 Å². The number of anilines is 4. The van der Waals surface area contributed by atoms with Gasteiger partial charge >= 0.3 is 6.09 Å². The minimum absolute atomic E-state index is 0.0330. The van der Waals surface area contributed by atoms with Gasteiger partial charge in [0.2, 0.25) is 0 Å². The highest BCUT2D eigenvalue weighted by Crippen LogP contribution is 2.27. The van der Waals surface area contributed by atoms with E-state index in [2.05, 4.69) is 63.6 Å². The molecular formula is C63H80F2N12O11. The van der Waals surface area contributed by atoms with Crippen LogP contribution in [0.25, 0.3) is 44.4 Å². The largest absolute Gasteiger partial charge is 0.506 e. The number of rotatable bonds is 23. The second kappa shape index (κ2) is 35.1. The summed E-state index contributed by atoms with van der Waals surface area (Å²) >= 11 is 0. The molecule has 4 heterocycles. The fourth-order valence-corrected chi connectivity index (χ4v) is 7.84. The maximum absolute atomic E-state index is 13.1. The van der Waals surface area contributed by atoms with Gasteiger partial charge in [-0.1, -0.05) is 53.4 Å². The van der Waals surface area contributed by atoms with Crippen molar-refractivity contribution in [2.75, 3.05) is 48.3 Å². The first-order valence-electron chi connectivity index (χ1n) is 29.1. The van der Waals surface area contributed by atoms with Crippen molar-refractivity contribution in [2.45, 2.75) is 131 Å². The predicted molar refractivity (Wildman–Crippen MR) is 339 cm³/mol. The number of hydrogen-bond acceptors (Lipinski definition) is 20. The van der Waals surface area contributed by atoms with Gasteiger partial charge in [-0.15, -0.1) is 0 Å². The first kappa shape index (κ1) is 69.1. The molecule has 0 aliphatic heterocycles. The topological polar surface area (TPSA) is 351 Å². The average Bonchev–Trinajstić information content (AvgIpc) is 4.44. The van der Waals surface area contributed by atoms with Crippen molar-refractivity contribution in [3.8, 4) is 5.75 Å². The predicted octanol–water partition coefficient (Wildman–Crippen LogP) is 15.1. The Hall–Kier alpha value is -9.65. The number of hydrogen-bond donors (Lipinski definition) is 7. The van der Waals surface area contributed by atoms with Crippen LogP contribution >= 0.6 is 0 Å². The van der Waals surface area contributed by atoms with Crippen LogP contribution in [0.5, 0.6) is 5.75 Å². The lowest BCUT2D eigenvalue weighted by Crippen LogP contribution is -2.34. The van der Waals surface area contributed by atoms with E-state index in [9.17, 15) is 33.8 Å². The third-order valence-corrected chi connectivity index (χ3v) is 12.6. The molecule has 5 aromatic carbocycles. The van der Waals surface area contributed by atoms with Crippen LogP contribution in [0.2, 0.25) is 0 Å². The molecule has 88 heavy (non-hydrogen) atoms. The molecule has 0 fully saturated rings. The van der Waals surface area contributed by atoms with Gasteiger partial charge in [-0.25, -0.2) is 33.5 Å². The van der Waals surface area contributed by atoms with Crippen molar-refractivity contribution in [3.63, 3.8) is 0 Å². The van der Waals surface area contributed by atoms with Crippen molar-refractivity contribution >= 4 is 84.6 Å². The molecule has 25 heteroatoms. The number of nitro groups is 2. The van der Waals surface area contributed by atoms with Gasteiger partial charge in [-0.05, 0) is 106 Å². The number of unbranched alkanes of at least 4 members (excludes halogenated alkanes) is 4. The molecule has 23 nitrogen and oxygen atoms in total. The normalized spacial score (nSPS) is 11.4. The van der Waals surface area contributed by atoms with Crippen LogP contribution in [0.15, 0.2) is 132 Å². The average molecular weight is 1220 g/mol. The summed E-state index contributed by atoms with van der Waals surface area (Å²) in [5, 5.41) is 38.4. The summed E-state index contributed by atoms with van der Waals surface area (Å²) in [5.41, 5.74) is 24.9. The summed E-state index contributed by atoms with van der Waals surface area (Å²) in [6.45, 7) is 14.7. The van der Waals surface area contributed by atoms with E-state index in [1.165, 1.54) is 24.3 Å². The van der Waals surface area contributed by atoms with Crippen molar-refractivity contribution in [3.05, 3.63) is 159 Å². The van der Waals surface area contributed by atoms with Gasteiger partial charge in [0.25, 0.3) is 11.4 Å². The van der Waals surface area contributed by atoms with Crippen LogP contribution in [0.4, 0.5) is 47.7 Å². The summed E-state index contributed by atoms with van der Waals surface area (Å²) in [6, 6.07) is 24.8. The lowest BCUT2D eigenvalue weighted by Gasteiger charge is -2.20. The number of carbonyl (C=O) groups excluding carboxylic acids is 1. The Morgan fingerprint density at radius 1 is 0.580 bits per heavy atom. The molecule has 0 spiro atoms. The fourth-order valence-electron chi connectivity index (χ4n) is 7.84. The Bertz CT molecular complexity index is 3740. The lowest BCUT2D eigenvalue weighted by atomic mass is 10.2. The number of nitrogens with two attached hydrogens (primary N) is 3. The van der Waals surface area contributed by atoms with E-state index >= 15 is 0 Å². The van der Waals surface area contributed by atoms with Crippen LogP contribution in [-0.4, -0.2) is 72.8 Å². The molecule has 0 unspecified atom stereocenters. The zero-order valence-electron chi connectivity index (χ0n) is 50.8. The van der Waals surface area contributed by atoms with E-state index in [4.69, 9.17) is 44.7 Å². The number of aromatic nitrogens is 4. The van der Waals surface area contributed by atoms with Gasteiger partial charge < -0.3 is 60.7 Å². The lowest BCUT2D eigenvalue weighted by molar-refractivity contribution is -0.385. The standard InChI is InChI=1S/C20H28FN3O3.C15H20FN3O.C11H12N2O3.C11H14N2O.C6H6N2O3/c1-5-6-7-18-24-16-9-8-15(10-17(16)26-18)22-12-14(11-21)13-23-19(25)27-20(2,3)4;1-2-3-4-15-19-13-6-5-12(7-14(13)20-15)18-10-11(8-16)9-17;1-2-3-4-11-12-9-6-5-8(13(14)15)7-10(9)16-11;1-2-3-4-11-13-9-6-5-8(12)7-10(9)14-11;7-5-2-1-4(8(10)11)3-6(5)9/h8-11,22H,5-7,12-13H2,1-4H3,(H,23,25);5-8,18H,2-4,9-10,17H2,1H3;5-7H,2-4H2,1H3;5-7H,2-4,12H2,1H3;1-3,9H,7H2/b14-11-;11-8+;;;. The Balaban J connectivity index is 0.000000207. The number of fused-ring (bicyclic) bond motifs is 4.